The van der Waals surface area contributed by atoms with E-state index in [9.17, 15) is 19.5 Å². The highest BCUT2D eigenvalue weighted by molar-refractivity contribution is 5.91. The molecule has 3 amide bonds. The van der Waals surface area contributed by atoms with Gasteiger partial charge in [0.2, 0.25) is 11.8 Å². The van der Waals surface area contributed by atoms with Gasteiger partial charge in [-0.15, -0.1) is 0 Å². The molecular formula is C25H39N3O6. The van der Waals surface area contributed by atoms with Crippen LogP contribution in [0.1, 0.15) is 66.6 Å². The molecule has 0 saturated carbocycles. The van der Waals surface area contributed by atoms with Crippen molar-refractivity contribution in [3.63, 3.8) is 0 Å². The maximum Gasteiger partial charge on any atom is 0.408 e. The molecule has 2 aliphatic heterocycles. The highest BCUT2D eigenvalue weighted by Gasteiger charge is 2.37. The molecule has 2 bridgehead atoms. The van der Waals surface area contributed by atoms with E-state index in [2.05, 4.69) is 16.0 Å². The van der Waals surface area contributed by atoms with Crippen LogP contribution in [0.3, 0.4) is 0 Å². The van der Waals surface area contributed by atoms with Crippen LogP contribution in [0.25, 0.3) is 0 Å². The maximum atomic E-state index is 13.5. The molecule has 0 fully saturated rings. The van der Waals surface area contributed by atoms with Crippen LogP contribution < -0.4 is 20.7 Å². The van der Waals surface area contributed by atoms with E-state index in [1.807, 2.05) is 27.7 Å². The summed E-state index contributed by atoms with van der Waals surface area (Å²) in [6.45, 7) is 12.8. The number of rotatable bonds is 4. The first-order chi connectivity index (χ1) is 15.8. The van der Waals surface area contributed by atoms with Crippen molar-refractivity contribution in [1.82, 2.24) is 16.0 Å². The lowest BCUT2D eigenvalue weighted by Gasteiger charge is -2.33. The molecule has 1 unspecified atom stereocenters. The standard InChI is InChI=1S/C25H39N3O6/c1-14(2)12-18-22(30)26-13-19(29)16-8-10-17(11-9-16)33-21(15(3)4)20(23(31)27-18)28-24(32)34-25(5,6)7/h8-11,14-15,18-21,29H,12-13H2,1-7H3,(H,26,30)(H,27,31)(H,28,32)/t18-,19?,20-,21-/m0/s1. The average Bonchev–Trinajstić information content (AvgIpc) is 2.71. The van der Waals surface area contributed by atoms with E-state index in [1.54, 1.807) is 45.0 Å². The van der Waals surface area contributed by atoms with E-state index in [-0.39, 0.29) is 18.4 Å². The van der Waals surface area contributed by atoms with Gasteiger partial charge in [-0.05, 0) is 56.7 Å². The van der Waals surface area contributed by atoms with Gasteiger partial charge in [0, 0.05) is 6.54 Å². The molecule has 4 N–H and O–H groups in total. The van der Waals surface area contributed by atoms with Crippen LogP contribution in [0, 0.1) is 11.8 Å². The van der Waals surface area contributed by atoms with Crippen LogP contribution in [0.15, 0.2) is 24.3 Å². The van der Waals surface area contributed by atoms with E-state index >= 15 is 0 Å². The topological polar surface area (TPSA) is 126 Å². The minimum atomic E-state index is -1.12. The molecule has 2 aliphatic rings. The number of nitrogens with one attached hydrogen (secondary N) is 3. The molecule has 9 nitrogen and oxygen atoms in total. The summed E-state index contributed by atoms with van der Waals surface area (Å²) in [5, 5.41) is 18.6. The Labute approximate surface area is 202 Å². The Morgan fingerprint density at radius 3 is 2.29 bits per heavy atom. The summed E-state index contributed by atoms with van der Waals surface area (Å²) in [5.41, 5.74) is -0.133. The van der Waals surface area contributed by atoms with Crippen molar-refractivity contribution in [2.75, 3.05) is 6.54 Å². The summed E-state index contributed by atoms with van der Waals surface area (Å²) >= 11 is 0. The zero-order valence-electron chi connectivity index (χ0n) is 21.2. The van der Waals surface area contributed by atoms with Crippen LogP contribution in [0.5, 0.6) is 5.75 Å². The lowest BCUT2D eigenvalue weighted by molar-refractivity contribution is -0.132. The van der Waals surface area contributed by atoms with Crippen LogP contribution in [-0.4, -0.2) is 53.3 Å². The van der Waals surface area contributed by atoms with Crippen molar-refractivity contribution >= 4 is 17.9 Å². The predicted molar refractivity (Wildman–Crippen MR) is 128 cm³/mol. The van der Waals surface area contributed by atoms with Crippen LogP contribution in [0.4, 0.5) is 4.79 Å². The second-order valence-corrected chi connectivity index (χ2v) is 10.5. The van der Waals surface area contributed by atoms with E-state index in [4.69, 9.17) is 9.47 Å². The Morgan fingerprint density at radius 1 is 1.15 bits per heavy atom. The molecule has 2 heterocycles. The molecule has 1 aromatic rings. The van der Waals surface area contributed by atoms with E-state index in [1.165, 1.54) is 0 Å². The number of fused-ring (bicyclic) bond motifs is 11. The number of amides is 3. The third-order valence-electron chi connectivity index (χ3n) is 5.29. The van der Waals surface area contributed by atoms with Crippen molar-refractivity contribution in [2.45, 2.75) is 84.8 Å². The van der Waals surface area contributed by atoms with Crippen molar-refractivity contribution in [3.8, 4) is 5.75 Å². The third kappa shape index (κ3) is 8.20. The van der Waals surface area contributed by atoms with Crippen molar-refractivity contribution in [1.29, 1.82) is 0 Å². The Morgan fingerprint density at radius 2 is 1.76 bits per heavy atom. The largest absolute Gasteiger partial charge is 0.487 e. The quantitative estimate of drug-likeness (QED) is 0.528. The first-order valence-corrected chi connectivity index (χ1v) is 11.8. The number of ether oxygens (including phenoxy) is 2. The van der Waals surface area contributed by atoms with Gasteiger partial charge in [-0.3, -0.25) is 9.59 Å². The van der Waals surface area contributed by atoms with Crippen LogP contribution in [-0.2, 0) is 14.3 Å². The van der Waals surface area contributed by atoms with E-state index < -0.39 is 47.8 Å². The Hall–Kier alpha value is -2.81. The minimum absolute atomic E-state index is 0.00227. The lowest BCUT2D eigenvalue weighted by Crippen LogP contribution is -2.60. The number of hydrogen-bond donors (Lipinski definition) is 4. The van der Waals surface area contributed by atoms with Gasteiger partial charge in [0.1, 0.15) is 29.5 Å². The number of aliphatic hydroxyl groups excluding tert-OH is 1. The second kappa shape index (κ2) is 11.6. The van der Waals surface area contributed by atoms with Gasteiger partial charge >= 0.3 is 6.09 Å². The molecule has 4 atom stereocenters. The fourth-order valence-corrected chi connectivity index (χ4v) is 3.65. The smallest absolute Gasteiger partial charge is 0.408 e. The summed E-state index contributed by atoms with van der Waals surface area (Å²) in [5.74, 6) is -0.548. The minimum Gasteiger partial charge on any atom is -0.487 e. The summed E-state index contributed by atoms with van der Waals surface area (Å²) in [6.07, 6.45) is -2.03. The van der Waals surface area contributed by atoms with Gasteiger partial charge in [-0.1, -0.05) is 39.8 Å². The highest BCUT2D eigenvalue weighted by Crippen LogP contribution is 2.23. The van der Waals surface area contributed by atoms with Crippen LogP contribution in [0.2, 0.25) is 0 Å². The zero-order valence-corrected chi connectivity index (χ0v) is 21.2. The first kappa shape index (κ1) is 27.4. The average molecular weight is 478 g/mol. The van der Waals surface area contributed by atoms with Gasteiger partial charge < -0.3 is 30.5 Å². The number of carbonyl (C=O) groups excluding carboxylic acids is 3. The summed E-state index contributed by atoms with van der Waals surface area (Å²) in [4.78, 5) is 39.0. The summed E-state index contributed by atoms with van der Waals surface area (Å²) in [7, 11) is 0. The normalized spacial score (nSPS) is 24.2. The Balaban J connectivity index is 2.47. The molecule has 3 rings (SSSR count). The molecule has 0 radical (unpaired) electrons. The number of carbonyl (C=O) groups is 3. The van der Waals surface area contributed by atoms with E-state index in [0.29, 0.717) is 17.7 Å². The lowest BCUT2D eigenvalue weighted by atomic mass is 9.96. The molecule has 0 saturated heterocycles. The maximum absolute atomic E-state index is 13.5. The highest BCUT2D eigenvalue weighted by atomic mass is 16.6. The molecular weight excluding hydrogens is 438 g/mol. The van der Waals surface area contributed by atoms with Gasteiger partial charge in [-0.2, -0.15) is 0 Å². The molecule has 1 aromatic carbocycles. The van der Waals surface area contributed by atoms with Crippen LogP contribution >= 0.6 is 0 Å². The second-order valence-electron chi connectivity index (χ2n) is 10.5. The van der Waals surface area contributed by atoms with Gasteiger partial charge in [0.05, 0.1) is 6.10 Å². The molecule has 34 heavy (non-hydrogen) atoms. The van der Waals surface area contributed by atoms with Gasteiger partial charge in [0.15, 0.2) is 0 Å². The Bertz CT molecular complexity index is 847. The SMILES string of the molecule is CC(C)C[C@@H]1NC(=O)[C@@H](NC(=O)OC(C)(C)C)[C@H](C(C)C)Oc2ccc(cc2)C(O)CNC1=O. The van der Waals surface area contributed by atoms with Gasteiger partial charge in [-0.25, -0.2) is 4.79 Å². The zero-order chi connectivity index (χ0) is 25.6. The number of hydrogen-bond acceptors (Lipinski definition) is 6. The fraction of sp³-hybridized carbons (Fsp3) is 0.640. The van der Waals surface area contributed by atoms with Gasteiger partial charge in [0.25, 0.3) is 0 Å². The molecule has 9 heteroatoms. The molecule has 0 aliphatic carbocycles. The number of alkyl carbamates (subject to hydrolysis) is 1. The number of benzene rings is 1. The first-order valence-electron chi connectivity index (χ1n) is 11.8. The summed E-state index contributed by atoms with van der Waals surface area (Å²) in [6, 6.07) is 4.82. The molecule has 0 aromatic heterocycles. The molecule has 190 valence electrons. The van der Waals surface area contributed by atoms with Crippen molar-refractivity contribution < 1.29 is 29.0 Å². The predicted octanol–water partition coefficient (Wildman–Crippen LogP) is 2.68. The summed E-state index contributed by atoms with van der Waals surface area (Å²) < 4.78 is 11.5. The van der Waals surface area contributed by atoms with E-state index in [0.717, 1.165) is 0 Å². The van der Waals surface area contributed by atoms with Crippen molar-refractivity contribution in [2.24, 2.45) is 11.8 Å². The fourth-order valence-electron chi connectivity index (χ4n) is 3.65. The molecule has 0 spiro atoms. The Kier molecular flexibility index (Phi) is 9.32. The third-order valence-corrected chi connectivity index (χ3v) is 5.29. The number of aliphatic hydroxyl groups is 1. The monoisotopic (exact) mass is 477 g/mol. The van der Waals surface area contributed by atoms with Crippen molar-refractivity contribution in [3.05, 3.63) is 29.8 Å².